The average molecular weight is 404 g/mol. The summed E-state index contributed by atoms with van der Waals surface area (Å²) in [6.07, 6.45) is 0. The van der Waals surface area contributed by atoms with Gasteiger partial charge in [-0.25, -0.2) is 4.79 Å². The second kappa shape index (κ2) is 6.52. The molecule has 1 aliphatic rings. The molecule has 8 heteroatoms. The number of hydrogen-bond donors (Lipinski definition) is 1. The molecule has 2 aromatic heterocycles. The lowest BCUT2D eigenvalue weighted by molar-refractivity contribution is -0.131. The van der Waals surface area contributed by atoms with Gasteiger partial charge in [-0.15, -0.1) is 0 Å². The number of nitrogens with zero attached hydrogens (tertiary/aromatic N) is 3. The van der Waals surface area contributed by atoms with Crippen LogP contribution >= 0.6 is 11.3 Å². The van der Waals surface area contributed by atoms with Crippen molar-refractivity contribution in [3.63, 3.8) is 0 Å². The molecule has 144 valence electrons. The van der Waals surface area contributed by atoms with Crippen LogP contribution in [0.1, 0.15) is 18.4 Å². The molecule has 1 fully saturated rings. The summed E-state index contributed by atoms with van der Waals surface area (Å²) in [6, 6.07) is 15.0. The van der Waals surface area contributed by atoms with Crippen LogP contribution in [-0.4, -0.2) is 27.0 Å². The minimum atomic E-state index is -1.16. The molecule has 2 aromatic carbocycles. The molecule has 0 bridgehead atoms. The van der Waals surface area contributed by atoms with E-state index < -0.39 is 11.6 Å². The van der Waals surface area contributed by atoms with E-state index in [1.165, 1.54) is 11.3 Å². The van der Waals surface area contributed by atoms with Crippen LogP contribution in [-0.2, 0) is 16.9 Å². The van der Waals surface area contributed by atoms with Gasteiger partial charge in [-0.3, -0.25) is 9.69 Å². The molecule has 1 aliphatic heterocycles. The Morgan fingerprint density at radius 3 is 2.76 bits per heavy atom. The predicted molar refractivity (Wildman–Crippen MR) is 108 cm³/mol. The first kappa shape index (κ1) is 17.6. The second-order valence-electron chi connectivity index (χ2n) is 7.03. The molecule has 1 N–H and O–H groups in total. The maximum absolute atomic E-state index is 13.2. The van der Waals surface area contributed by atoms with Crippen LogP contribution in [0.15, 0.2) is 63.8 Å². The van der Waals surface area contributed by atoms with Crippen LogP contribution in [0.25, 0.3) is 22.2 Å². The van der Waals surface area contributed by atoms with Crippen LogP contribution < -0.4 is 5.32 Å². The molecule has 0 saturated carbocycles. The number of thiophene rings is 1. The van der Waals surface area contributed by atoms with Crippen molar-refractivity contribution in [1.29, 1.82) is 0 Å². The maximum Gasteiger partial charge on any atom is 0.325 e. The summed E-state index contributed by atoms with van der Waals surface area (Å²) in [5.74, 6) is 0.288. The van der Waals surface area contributed by atoms with Crippen LogP contribution in [0.3, 0.4) is 0 Å². The van der Waals surface area contributed by atoms with Crippen molar-refractivity contribution in [3.05, 3.63) is 70.7 Å². The lowest BCUT2D eigenvalue weighted by atomic mass is 9.90. The zero-order chi connectivity index (χ0) is 20.0. The lowest BCUT2D eigenvalue weighted by Gasteiger charge is -2.22. The van der Waals surface area contributed by atoms with Gasteiger partial charge in [0.05, 0.1) is 0 Å². The third-order valence-corrected chi connectivity index (χ3v) is 5.83. The van der Waals surface area contributed by atoms with Gasteiger partial charge in [0, 0.05) is 10.9 Å². The Morgan fingerprint density at radius 1 is 1.14 bits per heavy atom. The Morgan fingerprint density at radius 2 is 1.97 bits per heavy atom. The number of amides is 3. The summed E-state index contributed by atoms with van der Waals surface area (Å²) >= 11 is 1.53. The number of carbonyl (C=O) groups excluding carboxylic acids is 2. The molecular formula is C21H16N4O3S. The third kappa shape index (κ3) is 2.89. The van der Waals surface area contributed by atoms with E-state index in [0.717, 1.165) is 26.8 Å². The summed E-state index contributed by atoms with van der Waals surface area (Å²) in [5, 5.41) is 12.6. The van der Waals surface area contributed by atoms with Crippen molar-refractivity contribution in [2.45, 2.75) is 19.0 Å². The number of aromatic nitrogens is 2. The Bertz CT molecular complexity index is 1230. The lowest BCUT2D eigenvalue weighted by Crippen LogP contribution is -2.40. The first-order valence-electron chi connectivity index (χ1n) is 9.03. The maximum atomic E-state index is 13.2. The molecule has 3 heterocycles. The molecule has 0 radical (unpaired) electrons. The summed E-state index contributed by atoms with van der Waals surface area (Å²) < 4.78 is 5.25. The fourth-order valence-electron chi connectivity index (χ4n) is 3.50. The number of hydrogen-bond acceptors (Lipinski definition) is 6. The van der Waals surface area contributed by atoms with Crippen molar-refractivity contribution < 1.29 is 14.1 Å². The Hall–Kier alpha value is -3.52. The Balaban J connectivity index is 1.43. The van der Waals surface area contributed by atoms with E-state index in [4.69, 9.17) is 4.52 Å². The molecule has 0 spiro atoms. The van der Waals surface area contributed by atoms with Gasteiger partial charge < -0.3 is 9.84 Å². The molecule has 1 atom stereocenters. The summed E-state index contributed by atoms with van der Waals surface area (Å²) in [5.41, 5.74) is 0.405. The zero-order valence-corrected chi connectivity index (χ0v) is 16.3. The van der Waals surface area contributed by atoms with Gasteiger partial charge in [-0.05, 0) is 40.8 Å². The normalized spacial score (nSPS) is 19.1. The molecule has 0 aliphatic carbocycles. The van der Waals surface area contributed by atoms with Gasteiger partial charge in [0.2, 0.25) is 11.7 Å². The van der Waals surface area contributed by atoms with E-state index in [9.17, 15) is 9.59 Å². The molecule has 0 unspecified atom stereocenters. The Kier molecular flexibility index (Phi) is 3.95. The largest absolute Gasteiger partial charge is 0.337 e. The highest BCUT2D eigenvalue weighted by Gasteiger charge is 2.49. The first-order valence-corrected chi connectivity index (χ1v) is 9.97. The van der Waals surface area contributed by atoms with Crippen molar-refractivity contribution in [2.75, 3.05) is 0 Å². The summed E-state index contributed by atoms with van der Waals surface area (Å²) in [4.78, 5) is 31.2. The van der Waals surface area contributed by atoms with Gasteiger partial charge in [-0.1, -0.05) is 41.6 Å². The van der Waals surface area contributed by atoms with Crippen LogP contribution in [0.2, 0.25) is 0 Å². The number of rotatable bonds is 4. The minimum absolute atomic E-state index is 0.0784. The van der Waals surface area contributed by atoms with Crippen LogP contribution in [0, 0.1) is 0 Å². The zero-order valence-electron chi connectivity index (χ0n) is 15.5. The van der Waals surface area contributed by atoms with Crippen LogP contribution in [0.5, 0.6) is 0 Å². The monoisotopic (exact) mass is 404 g/mol. The second-order valence-corrected chi connectivity index (χ2v) is 7.81. The minimum Gasteiger partial charge on any atom is -0.337 e. The van der Waals surface area contributed by atoms with Crippen LogP contribution in [0.4, 0.5) is 4.79 Å². The first-order chi connectivity index (χ1) is 14.0. The van der Waals surface area contributed by atoms with E-state index in [1.54, 1.807) is 6.92 Å². The topological polar surface area (TPSA) is 88.3 Å². The molecule has 4 aromatic rings. The number of nitrogens with one attached hydrogen (secondary N) is 1. The van der Waals surface area contributed by atoms with Gasteiger partial charge >= 0.3 is 6.03 Å². The highest BCUT2D eigenvalue weighted by Crippen LogP contribution is 2.32. The smallest absolute Gasteiger partial charge is 0.325 e. The number of fused-ring (bicyclic) bond motifs is 1. The molecule has 1 saturated heterocycles. The fraction of sp³-hybridized carbons (Fsp3) is 0.143. The van der Waals surface area contributed by atoms with E-state index >= 15 is 0 Å². The van der Waals surface area contributed by atoms with E-state index in [1.807, 2.05) is 59.3 Å². The van der Waals surface area contributed by atoms with E-state index in [0.29, 0.717) is 5.82 Å². The quantitative estimate of drug-likeness (QED) is 0.521. The third-order valence-electron chi connectivity index (χ3n) is 5.14. The number of urea groups is 1. The summed E-state index contributed by atoms with van der Waals surface area (Å²) in [6.45, 7) is 1.63. The van der Waals surface area contributed by atoms with Gasteiger partial charge in [0.15, 0.2) is 0 Å². The van der Waals surface area contributed by atoms with Gasteiger partial charge in [-0.2, -0.15) is 16.3 Å². The van der Waals surface area contributed by atoms with Gasteiger partial charge in [0.25, 0.3) is 5.91 Å². The highest BCUT2D eigenvalue weighted by molar-refractivity contribution is 7.08. The van der Waals surface area contributed by atoms with Crippen molar-refractivity contribution in [1.82, 2.24) is 20.4 Å². The van der Waals surface area contributed by atoms with Crippen molar-refractivity contribution in [3.8, 4) is 11.4 Å². The van der Waals surface area contributed by atoms with E-state index in [-0.39, 0.29) is 18.3 Å². The Labute approximate surface area is 170 Å². The number of carbonyl (C=O) groups is 2. The van der Waals surface area contributed by atoms with E-state index in [2.05, 4.69) is 15.5 Å². The summed E-state index contributed by atoms with van der Waals surface area (Å²) in [7, 11) is 0. The predicted octanol–water partition coefficient (Wildman–Crippen LogP) is 3.92. The molecule has 7 nitrogen and oxygen atoms in total. The highest BCUT2D eigenvalue weighted by atomic mass is 32.1. The number of benzene rings is 2. The number of imide groups is 1. The fourth-order valence-corrected chi connectivity index (χ4v) is 4.13. The molecule has 5 rings (SSSR count). The van der Waals surface area contributed by atoms with Crippen molar-refractivity contribution in [2.24, 2.45) is 0 Å². The average Bonchev–Trinajstić information content (AvgIpc) is 3.46. The SMILES string of the molecule is C[C@@]1(c2ccc3ccccc3c2)NC(=O)N(Cc2nc(-c3ccsc3)no2)C1=O. The molecular weight excluding hydrogens is 388 g/mol. The standard InChI is InChI=1S/C21H16N4O3S/c1-21(16-7-6-13-4-2-3-5-14(13)10-16)19(26)25(20(27)23-21)11-17-22-18(24-28-17)15-8-9-29-12-15/h2-10,12H,11H2,1H3,(H,23,27)/t21-/m0/s1. The van der Waals surface area contributed by atoms with Gasteiger partial charge in [0.1, 0.15) is 12.1 Å². The molecule has 3 amide bonds. The molecule has 29 heavy (non-hydrogen) atoms. The van der Waals surface area contributed by atoms with Crippen molar-refractivity contribution >= 4 is 34.0 Å².